The molecule has 1 saturated carbocycles. The average Bonchev–Trinajstić information content (AvgIpc) is 2.96. The Bertz CT molecular complexity index is 733. The summed E-state index contributed by atoms with van der Waals surface area (Å²) in [4.78, 5) is 0. The van der Waals surface area contributed by atoms with Crippen LogP contribution in [-0.2, 0) is 19.4 Å². The molecule has 2 N–H and O–H groups in total. The standard InChI is InChI=1S/C21H29ClN2O/c22-19-11-6-10-18-17-9-4-5-12-20(17)24(21(18)19)14-16(25)13-23-15-7-2-1-3-8-15/h6,10-11,15-16,23,25H,1-5,7-9,12-14H2/t16-/m0/s1. The maximum absolute atomic E-state index is 10.7. The average molecular weight is 361 g/mol. The Morgan fingerprint density at radius 3 is 2.76 bits per heavy atom. The van der Waals surface area contributed by atoms with Crippen molar-refractivity contribution in [2.75, 3.05) is 6.54 Å². The van der Waals surface area contributed by atoms with E-state index in [9.17, 15) is 5.11 Å². The van der Waals surface area contributed by atoms with Gasteiger partial charge >= 0.3 is 0 Å². The third kappa shape index (κ3) is 3.60. The van der Waals surface area contributed by atoms with Crippen molar-refractivity contribution in [1.82, 2.24) is 9.88 Å². The van der Waals surface area contributed by atoms with Gasteiger partial charge in [0, 0.05) is 23.7 Å². The molecule has 4 heteroatoms. The Kier molecular flexibility index (Phi) is 5.35. The van der Waals surface area contributed by atoms with Gasteiger partial charge in [-0.25, -0.2) is 0 Å². The lowest BCUT2D eigenvalue weighted by atomic mass is 9.95. The van der Waals surface area contributed by atoms with Gasteiger partial charge in [0.05, 0.1) is 23.2 Å². The molecule has 0 amide bonds. The molecule has 0 spiro atoms. The lowest BCUT2D eigenvalue weighted by molar-refractivity contribution is 0.144. The van der Waals surface area contributed by atoms with E-state index >= 15 is 0 Å². The Balaban J connectivity index is 1.54. The number of aryl methyl sites for hydroxylation is 1. The monoisotopic (exact) mass is 360 g/mol. The first kappa shape index (κ1) is 17.4. The van der Waals surface area contributed by atoms with Gasteiger partial charge in [0.25, 0.3) is 0 Å². The van der Waals surface area contributed by atoms with Crippen LogP contribution >= 0.6 is 11.6 Å². The van der Waals surface area contributed by atoms with Crippen molar-refractivity contribution in [1.29, 1.82) is 0 Å². The second kappa shape index (κ2) is 7.69. The van der Waals surface area contributed by atoms with E-state index in [1.54, 1.807) is 0 Å². The van der Waals surface area contributed by atoms with Crippen LogP contribution in [0.15, 0.2) is 18.2 Å². The smallest absolute Gasteiger partial charge is 0.0843 e. The number of hydrogen-bond donors (Lipinski definition) is 2. The van der Waals surface area contributed by atoms with Crippen LogP contribution in [0.2, 0.25) is 5.02 Å². The van der Waals surface area contributed by atoms with Crippen molar-refractivity contribution in [2.45, 2.75) is 76.5 Å². The summed E-state index contributed by atoms with van der Waals surface area (Å²) >= 11 is 6.55. The number of benzene rings is 1. The number of nitrogens with one attached hydrogen (secondary N) is 1. The van der Waals surface area contributed by atoms with E-state index in [0.717, 1.165) is 23.4 Å². The summed E-state index contributed by atoms with van der Waals surface area (Å²) in [6.07, 6.45) is 10.8. The zero-order chi connectivity index (χ0) is 17.2. The molecular weight excluding hydrogens is 332 g/mol. The molecule has 4 rings (SSSR count). The fourth-order valence-corrected chi connectivity index (χ4v) is 5.01. The summed E-state index contributed by atoms with van der Waals surface area (Å²) in [5.74, 6) is 0. The molecule has 1 fully saturated rings. The first-order chi connectivity index (χ1) is 12.2. The summed E-state index contributed by atoms with van der Waals surface area (Å²) in [6.45, 7) is 1.30. The Morgan fingerprint density at radius 2 is 1.92 bits per heavy atom. The second-order valence-corrected chi connectivity index (χ2v) is 8.18. The Labute approximate surface area is 155 Å². The summed E-state index contributed by atoms with van der Waals surface area (Å²) in [5, 5.41) is 16.3. The highest BCUT2D eigenvalue weighted by Gasteiger charge is 2.23. The molecule has 1 aromatic heterocycles. The molecule has 0 aliphatic heterocycles. The number of aliphatic hydroxyl groups is 1. The van der Waals surface area contributed by atoms with Crippen LogP contribution in [0.3, 0.4) is 0 Å². The predicted octanol–water partition coefficient (Wildman–Crippen LogP) is 4.46. The molecule has 3 nitrogen and oxygen atoms in total. The highest BCUT2D eigenvalue weighted by Crippen LogP contribution is 2.35. The quantitative estimate of drug-likeness (QED) is 0.826. The van der Waals surface area contributed by atoms with Gasteiger partial charge in [0.15, 0.2) is 0 Å². The molecule has 0 bridgehead atoms. The number of rotatable bonds is 5. The number of halogens is 1. The van der Waals surface area contributed by atoms with Crippen LogP contribution in [0.25, 0.3) is 10.9 Å². The molecule has 1 heterocycles. The molecular formula is C21H29ClN2O. The molecule has 1 aromatic carbocycles. The minimum atomic E-state index is -0.375. The Hall–Kier alpha value is -1.03. The minimum Gasteiger partial charge on any atom is -0.390 e. The van der Waals surface area contributed by atoms with Crippen LogP contribution < -0.4 is 5.32 Å². The number of aliphatic hydroxyl groups excluding tert-OH is 1. The van der Waals surface area contributed by atoms with Crippen molar-refractivity contribution in [3.63, 3.8) is 0 Å². The molecule has 25 heavy (non-hydrogen) atoms. The maximum atomic E-state index is 10.7. The van der Waals surface area contributed by atoms with Crippen LogP contribution in [0.1, 0.15) is 56.2 Å². The molecule has 2 aliphatic carbocycles. The fourth-order valence-electron chi connectivity index (χ4n) is 4.73. The number of nitrogens with zero attached hydrogens (tertiary/aromatic N) is 1. The lowest BCUT2D eigenvalue weighted by Gasteiger charge is -2.25. The topological polar surface area (TPSA) is 37.2 Å². The molecule has 1 atom stereocenters. The van der Waals surface area contributed by atoms with E-state index in [0.29, 0.717) is 19.1 Å². The van der Waals surface area contributed by atoms with Crippen LogP contribution in [-0.4, -0.2) is 28.4 Å². The van der Waals surface area contributed by atoms with Gasteiger partial charge in [-0.05, 0) is 50.2 Å². The highest BCUT2D eigenvalue weighted by atomic mass is 35.5. The van der Waals surface area contributed by atoms with Gasteiger partial charge in [0.2, 0.25) is 0 Å². The van der Waals surface area contributed by atoms with Crippen LogP contribution in [0, 0.1) is 0 Å². The van der Waals surface area contributed by atoms with Gasteiger partial charge < -0.3 is 15.0 Å². The first-order valence-corrected chi connectivity index (χ1v) is 10.3. The summed E-state index contributed by atoms with van der Waals surface area (Å²) in [5.41, 5.74) is 3.97. The van der Waals surface area contributed by atoms with Crippen molar-refractivity contribution >= 4 is 22.5 Å². The van der Waals surface area contributed by atoms with Crippen molar-refractivity contribution in [3.05, 3.63) is 34.5 Å². The molecule has 136 valence electrons. The molecule has 0 saturated heterocycles. The van der Waals surface area contributed by atoms with Crippen molar-refractivity contribution in [2.24, 2.45) is 0 Å². The SMILES string of the molecule is O[C@@H](CNC1CCCCC1)Cn1c2c(c3cccc(Cl)c31)CCCC2. The van der Waals surface area contributed by atoms with Gasteiger partial charge in [0.1, 0.15) is 0 Å². The normalized spacial score (nSPS) is 19.9. The van der Waals surface area contributed by atoms with Gasteiger partial charge in [-0.1, -0.05) is 43.0 Å². The third-order valence-electron chi connectivity index (χ3n) is 5.99. The van der Waals surface area contributed by atoms with Gasteiger partial charge in [-0.15, -0.1) is 0 Å². The van der Waals surface area contributed by atoms with E-state index < -0.39 is 0 Å². The van der Waals surface area contributed by atoms with E-state index in [-0.39, 0.29) is 6.10 Å². The molecule has 2 aromatic rings. The number of aromatic nitrogens is 1. The van der Waals surface area contributed by atoms with E-state index in [4.69, 9.17) is 11.6 Å². The van der Waals surface area contributed by atoms with Crippen molar-refractivity contribution < 1.29 is 5.11 Å². The van der Waals surface area contributed by atoms with Gasteiger partial charge in [-0.3, -0.25) is 0 Å². The minimum absolute atomic E-state index is 0.375. The predicted molar refractivity (Wildman–Crippen MR) is 104 cm³/mol. The number of para-hydroxylation sites is 1. The summed E-state index contributed by atoms with van der Waals surface area (Å²) in [6, 6.07) is 6.79. The zero-order valence-electron chi connectivity index (χ0n) is 14.9. The van der Waals surface area contributed by atoms with Crippen molar-refractivity contribution in [3.8, 4) is 0 Å². The largest absolute Gasteiger partial charge is 0.390 e. The van der Waals surface area contributed by atoms with E-state index in [2.05, 4.69) is 16.0 Å². The first-order valence-electron chi connectivity index (χ1n) is 9.94. The molecule has 0 unspecified atom stereocenters. The molecule has 2 aliphatic rings. The summed E-state index contributed by atoms with van der Waals surface area (Å²) in [7, 11) is 0. The van der Waals surface area contributed by atoms with E-state index in [1.165, 1.54) is 61.6 Å². The van der Waals surface area contributed by atoms with Gasteiger partial charge in [-0.2, -0.15) is 0 Å². The Morgan fingerprint density at radius 1 is 1.12 bits per heavy atom. The second-order valence-electron chi connectivity index (χ2n) is 7.78. The lowest BCUT2D eigenvalue weighted by Crippen LogP contribution is -2.38. The third-order valence-corrected chi connectivity index (χ3v) is 6.29. The van der Waals surface area contributed by atoms with E-state index in [1.807, 2.05) is 12.1 Å². The van der Waals surface area contributed by atoms with Crippen LogP contribution in [0.5, 0.6) is 0 Å². The van der Waals surface area contributed by atoms with Crippen LogP contribution in [0.4, 0.5) is 0 Å². The number of hydrogen-bond acceptors (Lipinski definition) is 2. The highest BCUT2D eigenvalue weighted by molar-refractivity contribution is 6.35. The molecule has 0 radical (unpaired) electrons. The number of fused-ring (bicyclic) bond motifs is 3. The maximum Gasteiger partial charge on any atom is 0.0843 e. The fraction of sp³-hybridized carbons (Fsp3) is 0.619. The summed E-state index contributed by atoms with van der Waals surface area (Å²) < 4.78 is 2.30. The zero-order valence-corrected chi connectivity index (χ0v) is 15.7.